The smallest absolute Gasteiger partial charge is 0.327 e. The van der Waals surface area contributed by atoms with E-state index in [9.17, 15) is 18.9 Å². The lowest BCUT2D eigenvalue weighted by molar-refractivity contribution is -0.388. The minimum atomic E-state index is -1.40. The molecule has 0 radical (unpaired) electrons. The second kappa shape index (κ2) is 6.12. The van der Waals surface area contributed by atoms with Crippen molar-refractivity contribution in [3.8, 4) is 11.6 Å². The molecule has 2 aromatic rings. The number of hydrogen-bond donors (Lipinski definition) is 0. The summed E-state index contributed by atoms with van der Waals surface area (Å²) in [4.78, 5) is 12.5. The monoisotopic (exact) mass is 296 g/mol. The van der Waals surface area contributed by atoms with Crippen LogP contribution >= 0.6 is 0 Å². The highest BCUT2D eigenvalue weighted by molar-refractivity contribution is 5.32. The van der Waals surface area contributed by atoms with Gasteiger partial charge in [-0.1, -0.05) is 12.1 Å². The van der Waals surface area contributed by atoms with Crippen molar-refractivity contribution in [1.82, 2.24) is 4.98 Å². The Morgan fingerprint density at radius 2 is 1.95 bits per heavy atom. The summed E-state index contributed by atoms with van der Waals surface area (Å²) in [6.07, 6.45) is 0. The maximum absolute atomic E-state index is 13.5. The van der Waals surface area contributed by atoms with Crippen molar-refractivity contribution >= 4 is 5.69 Å². The van der Waals surface area contributed by atoms with Gasteiger partial charge in [0.15, 0.2) is 5.82 Å². The zero-order valence-electron chi connectivity index (χ0n) is 10.9. The van der Waals surface area contributed by atoms with E-state index in [2.05, 4.69) is 4.98 Å². The van der Waals surface area contributed by atoms with Gasteiger partial charge in [0.2, 0.25) is 0 Å². The molecule has 0 saturated carbocycles. The van der Waals surface area contributed by atoms with Gasteiger partial charge < -0.3 is 9.47 Å². The van der Waals surface area contributed by atoms with Crippen molar-refractivity contribution in [2.45, 2.75) is 6.61 Å². The number of rotatable bonds is 5. The summed E-state index contributed by atoms with van der Waals surface area (Å²) in [5, 5.41) is 10.4. The largest absolute Gasteiger partial charge is 0.497 e. The first-order valence-electron chi connectivity index (χ1n) is 5.77. The Kier molecular flexibility index (Phi) is 4.27. The van der Waals surface area contributed by atoms with Crippen LogP contribution in [0.1, 0.15) is 5.56 Å². The van der Waals surface area contributed by atoms with E-state index >= 15 is 0 Å². The molecule has 0 aliphatic heterocycles. The summed E-state index contributed by atoms with van der Waals surface area (Å²) < 4.78 is 36.8. The predicted molar refractivity (Wildman–Crippen MR) is 68.1 cm³/mol. The van der Waals surface area contributed by atoms with Crippen LogP contribution in [-0.4, -0.2) is 17.0 Å². The maximum Gasteiger partial charge on any atom is 0.327 e. The first kappa shape index (κ1) is 14.6. The van der Waals surface area contributed by atoms with E-state index in [-0.39, 0.29) is 6.61 Å². The number of benzene rings is 1. The Hall–Kier alpha value is -2.77. The molecular formula is C13H10F2N2O4. The van der Waals surface area contributed by atoms with Gasteiger partial charge in [0.05, 0.1) is 18.1 Å². The predicted octanol–water partition coefficient (Wildman–Crippen LogP) is 2.86. The number of pyridine rings is 1. The van der Waals surface area contributed by atoms with Crippen LogP contribution in [0.4, 0.5) is 14.5 Å². The normalized spacial score (nSPS) is 10.2. The third-order valence-electron chi connectivity index (χ3n) is 2.61. The fourth-order valence-electron chi connectivity index (χ4n) is 1.54. The van der Waals surface area contributed by atoms with Crippen LogP contribution in [-0.2, 0) is 6.61 Å². The van der Waals surface area contributed by atoms with Gasteiger partial charge in [-0.15, -0.1) is 0 Å². The minimum absolute atomic E-state index is 0.0643. The van der Waals surface area contributed by atoms with E-state index in [0.717, 1.165) is 0 Å². The summed E-state index contributed by atoms with van der Waals surface area (Å²) in [5.41, 5.74) is -0.361. The summed E-state index contributed by atoms with van der Waals surface area (Å²) in [5.74, 6) is -2.49. The van der Waals surface area contributed by atoms with Crippen molar-refractivity contribution in [2.24, 2.45) is 0 Å². The standard InChI is InChI=1S/C13H10F2N2O4/c1-20-9-4-2-8(3-5-9)7-21-13-10(14)6-11(17(18)19)12(15)16-13/h2-6H,7H2,1H3. The third-order valence-corrected chi connectivity index (χ3v) is 2.61. The molecule has 8 heteroatoms. The lowest BCUT2D eigenvalue weighted by Gasteiger charge is -2.07. The summed E-state index contributed by atoms with van der Waals surface area (Å²) in [6, 6.07) is 7.15. The average Bonchev–Trinajstić information content (AvgIpc) is 2.48. The lowest BCUT2D eigenvalue weighted by atomic mass is 10.2. The van der Waals surface area contributed by atoms with E-state index in [1.807, 2.05) is 0 Å². The van der Waals surface area contributed by atoms with Crippen molar-refractivity contribution in [3.63, 3.8) is 0 Å². The molecule has 1 aromatic carbocycles. The summed E-state index contributed by atoms with van der Waals surface area (Å²) >= 11 is 0. The van der Waals surface area contributed by atoms with Gasteiger partial charge >= 0.3 is 5.69 Å². The molecule has 0 aliphatic carbocycles. The van der Waals surface area contributed by atoms with Crippen molar-refractivity contribution in [2.75, 3.05) is 7.11 Å². The maximum atomic E-state index is 13.5. The second-order valence-electron chi connectivity index (χ2n) is 3.98. The van der Waals surface area contributed by atoms with Gasteiger partial charge in [-0.3, -0.25) is 10.1 Å². The van der Waals surface area contributed by atoms with Gasteiger partial charge in [0, 0.05) is 0 Å². The lowest BCUT2D eigenvalue weighted by Crippen LogP contribution is -2.03. The number of halogens is 2. The van der Waals surface area contributed by atoms with Crippen molar-refractivity contribution in [3.05, 3.63) is 57.8 Å². The Morgan fingerprint density at radius 3 is 2.52 bits per heavy atom. The van der Waals surface area contributed by atoms with Crippen LogP contribution < -0.4 is 9.47 Å². The fraction of sp³-hybridized carbons (Fsp3) is 0.154. The average molecular weight is 296 g/mol. The van der Waals surface area contributed by atoms with Gasteiger partial charge in [-0.2, -0.15) is 9.37 Å². The van der Waals surface area contributed by atoms with Crippen LogP contribution in [0.5, 0.6) is 11.6 Å². The quantitative estimate of drug-likeness (QED) is 0.482. The van der Waals surface area contributed by atoms with Gasteiger partial charge in [-0.25, -0.2) is 4.39 Å². The highest BCUT2D eigenvalue weighted by Gasteiger charge is 2.21. The molecule has 0 atom stereocenters. The molecule has 1 heterocycles. The van der Waals surface area contributed by atoms with E-state index < -0.39 is 28.3 Å². The molecule has 0 fully saturated rings. The number of hydrogen-bond acceptors (Lipinski definition) is 5. The SMILES string of the molecule is COc1ccc(COc2nc(F)c([N+](=O)[O-])cc2F)cc1. The van der Waals surface area contributed by atoms with E-state index in [4.69, 9.17) is 9.47 Å². The molecule has 6 nitrogen and oxygen atoms in total. The zero-order valence-corrected chi connectivity index (χ0v) is 10.9. The highest BCUT2D eigenvalue weighted by atomic mass is 19.1. The second-order valence-corrected chi connectivity index (χ2v) is 3.98. The summed E-state index contributed by atoms with van der Waals surface area (Å²) in [7, 11) is 1.52. The molecule has 0 N–H and O–H groups in total. The van der Waals surface area contributed by atoms with Crippen LogP contribution in [0.2, 0.25) is 0 Å². The molecule has 0 saturated heterocycles. The first-order valence-corrected chi connectivity index (χ1v) is 5.77. The van der Waals surface area contributed by atoms with E-state index in [1.165, 1.54) is 7.11 Å². The molecule has 2 rings (SSSR count). The first-order chi connectivity index (χ1) is 10.0. The number of methoxy groups -OCH3 is 1. The number of ether oxygens (including phenoxy) is 2. The molecule has 21 heavy (non-hydrogen) atoms. The molecule has 110 valence electrons. The highest BCUT2D eigenvalue weighted by Crippen LogP contribution is 2.23. The van der Waals surface area contributed by atoms with Crippen molar-refractivity contribution in [1.29, 1.82) is 0 Å². The van der Waals surface area contributed by atoms with Crippen LogP contribution in [0.15, 0.2) is 30.3 Å². The number of nitrogens with zero attached hydrogens (tertiary/aromatic N) is 2. The Morgan fingerprint density at radius 1 is 1.29 bits per heavy atom. The number of nitro groups is 1. The topological polar surface area (TPSA) is 74.5 Å². The molecule has 1 aromatic heterocycles. The van der Waals surface area contributed by atoms with Gasteiger partial charge in [0.1, 0.15) is 12.4 Å². The van der Waals surface area contributed by atoms with Crippen LogP contribution in [0, 0.1) is 21.9 Å². The molecule has 0 amide bonds. The Bertz CT molecular complexity index is 662. The number of aromatic nitrogens is 1. The molecular weight excluding hydrogens is 286 g/mol. The molecule has 0 bridgehead atoms. The molecule has 0 spiro atoms. The third kappa shape index (κ3) is 3.41. The van der Waals surface area contributed by atoms with Gasteiger partial charge in [0.25, 0.3) is 11.8 Å². The van der Waals surface area contributed by atoms with Crippen LogP contribution in [0.3, 0.4) is 0 Å². The zero-order chi connectivity index (χ0) is 15.4. The minimum Gasteiger partial charge on any atom is -0.497 e. The van der Waals surface area contributed by atoms with E-state index in [1.54, 1.807) is 24.3 Å². The van der Waals surface area contributed by atoms with Crippen LogP contribution in [0.25, 0.3) is 0 Å². The Balaban J connectivity index is 2.12. The molecule has 0 unspecified atom stereocenters. The summed E-state index contributed by atoms with van der Waals surface area (Å²) in [6.45, 7) is -0.0643. The Labute approximate surface area is 118 Å². The fourth-order valence-corrected chi connectivity index (χ4v) is 1.54. The molecule has 0 aliphatic rings. The van der Waals surface area contributed by atoms with E-state index in [0.29, 0.717) is 17.4 Å². The van der Waals surface area contributed by atoms with Crippen molar-refractivity contribution < 1.29 is 23.2 Å². The van der Waals surface area contributed by atoms with Gasteiger partial charge in [-0.05, 0) is 17.7 Å².